The maximum atomic E-state index is 13.2. The van der Waals surface area contributed by atoms with Crippen LogP contribution < -0.4 is 0 Å². The van der Waals surface area contributed by atoms with Gasteiger partial charge in [-0.3, -0.25) is 9.78 Å². The first-order chi connectivity index (χ1) is 23.5. The van der Waals surface area contributed by atoms with E-state index in [-0.39, 0.29) is 57.0 Å². The van der Waals surface area contributed by atoms with Crippen molar-refractivity contribution in [3.8, 4) is 0 Å². The van der Waals surface area contributed by atoms with Gasteiger partial charge in [-0.25, -0.2) is 0 Å². The molecule has 8 rings (SSSR count). The normalized spacial score (nSPS) is 48.4. The minimum atomic E-state index is -1.26. The van der Waals surface area contributed by atoms with Crippen LogP contribution in [0.4, 0.5) is 0 Å². The highest BCUT2D eigenvalue weighted by atomic mass is 16.7. The average molecular weight is 695 g/mol. The maximum Gasteiger partial charge on any atom is 0.227 e. The van der Waals surface area contributed by atoms with E-state index in [1.807, 2.05) is 17.0 Å². The molecule has 5 saturated carbocycles. The molecule has 9 heteroatoms. The predicted octanol–water partition coefficient (Wildman–Crippen LogP) is 5.14. The lowest BCUT2D eigenvalue weighted by molar-refractivity contribution is -0.248. The van der Waals surface area contributed by atoms with Crippen molar-refractivity contribution < 1.29 is 34.3 Å². The van der Waals surface area contributed by atoms with Crippen LogP contribution in [0.2, 0.25) is 0 Å². The molecule has 2 spiro atoms. The van der Waals surface area contributed by atoms with Gasteiger partial charge in [-0.1, -0.05) is 34.6 Å². The molecular weight excluding hydrogens is 632 g/mol. The summed E-state index contributed by atoms with van der Waals surface area (Å²) >= 11 is 0. The molecule has 0 bridgehead atoms. The average Bonchev–Trinajstić information content (AvgIpc) is 3.70. The van der Waals surface area contributed by atoms with Crippen LogP contribution in [0.15, 0.2) is 24.5 Å². The Morgan fingerprint density at radius 3 is 2.50 bits per heavy atom. The zero-order valence-corrected chi connectivity index (χ0v) is 31.4. The fraction of sp³-hybridized carbons (Fsp3) is 0.854. The Kier molecular flexibility index (Phi) is 8.28. The van der Waals surface area contributed by atoms with Crippen molar-refractivity contribution >= 4 is 5.91 Å². The van der Waals surface area contributed by atoms with Gasteiger partial charge in [0.2, 0.25) is 5.91 Å². The number of carbonyl (C=O) groups is 1. The molecule has 50 heavy (non-hydrogen) atoms. The van der Waals surface area contributed by atoms with E-state index in [0.717, 1.165) is 37.7 Å². The van der Waals surface area contributed by atoms with Gasteiger partial charge in [0.25, 0.3) is 0 Å². The molecule has 1 aromatic heterocycles. The number of pyridine rings is 1. The number of fused-ring (bicyclic) bond motifs is 4. The lowest BCUT2D eigenvalue weighted by Gasteiger charge is -2.64. The van der Waals surface area contributed by atoms with E-state index < -0.39 is 30.2 Å². The smallest absolute Gasteiger partial charge is 0.227 e. The Bertz CT molecular complexity index is 1470. The molecule has 3 N–H and O–H groups in total. The molecular formula is C41H62N2O7. The first-order valence-electron chi connectivity index (χ1n) is 19.7. The fourth-order valence-electron chi connectivity index (χ4n) is 14.1. The van der Waals surface area contributed by atoms with Crippen LogP contribution in [0.1, 0.15) is 105 Å². The second-order valence-corrected chi connectivity index (χ2v) is 19.5. The Morgan fingerprint density at radius 2 is 1.78 bits per heavy atom. The lowest BCUT2D eigenvalue weighted by atomic mass is 9.41. The number of aliphatic hydroxyl groups excluding tert-OH is 2. The van der Waals surface area contributed by atoms with Gasteiger partial charge in [0.05, 0.1) is 49.6 Å². The topological polar surface area (TPSA) is 122 Å². The van der Waals surface area contributed by atoms with Gasteiger partial charge in [-0.2, -0.15) is 0 Å². The molecule has 9 nitrogen and oxygen atoms in total. The van der Waals surface area contributed by atoms with Crippen molar-refractivity contribution in [3.63, 3.8) is 0 Å². The third-order valence-corrected chi connectivity index (χ3v) is 16.6. The molecule has 5 aliphatic carbocycles. The summed E-state index contributed by atoms with van der Waals surface area (Å²) in [5.74, 6) is 1.57. The largest absolute Gasteiger partial charge is 0.390 e. The van der Waals surface area contributed by atoms with E-state index in [4.69, 9.17) is 14.2 Å². The van der Waals surface area contributed by atoms with Crippen LogP contribution in [0, 0.1) is 50.7 Å². The van der Waals surface area contributed by atoms with Crippen molar-refractivity contribution in [2.24, 2.45) is 50.7 Å². The van der Waals surface area contributed by atoms with Crippen LogP contribution >= 0.6 is 0 Å². The molecule has 1 amide bonds. The summed E-state index contributed by atoms with van der Waals surface area (Å²) in [5.41, 5.74) is -0.170. The van der Waals surface area contributed by atoms with E-state index in [0.29, 0.717) is 44.4 Å². The van der Waals surface area contributed by atoms with Crippen LogP contribution in [-0.4, -0.2) is 93.2 Å². The molecule has 1 aromatic rings. The molecule has 7 fully saturated rings. The second-order valence-electron chi connectivity index (χ2n) is 19.5. The summed E-state index contributed by atoms with van der Waals surface area (Å²) in [6.45, 7) is 16.8. The van der Waals surface area contributed by atoms with E-state index in [1.54, 1.807) is 26.2 Å². The first kappa shape index (κ1) is 35.4. The highest BCUT2D eigenvalue weighted by molar-refractivity contribution is 5.78. The Morgan fingerprint density at radius 1 is 1.08 bits per heavy atom. The number of hydrogen-bond donors (Lipinski definition) is 3. The maximum absolute atomic E-state index is 13.2. The Labute approximate surface area is 298 Å². The summed E-state index contributed by atoms with van der Waals surface area (Å²) in [6.07, 6.45) is 9.66. The number of nitrogens with zero attached hydrogens (tertiary/aromatic N) is 2. The van der Waals surface area contributed by atoms with Gasteiger partial charge in [0.15, 0.2) is 6.29 Å². The van der Waals surface area contributed by atoms with E-state index in [1.165, 1.54) is 12.8 Å². The minimum absolute atomic E-state index is 0.0403. The molecule has 14 atom stereocenters. The number of ether oxygens (including phenoxy) is 3. The van der Waals surface area contributed by atoms with Crippen molar-refractivity contribution in [2.75, 3.05) is 19.7 Å². The summed E-state index contributed by atoms with van der Waals surface area (Å²) in [6, 6.07) is 3.79. The van der Waals surface area contributed by atoms with Crippen LogP contribution in [0.3, 0.4) is 0 Å². The summed E-state index contributed by atoms with van der Waals surface area (Å²) < 4.78 is 19.7. The number of aromatic nitrogens is 1. The third kappa shape index (κ3) is 4.85. The van der Waals surface area contributed by atoms with Gasteiger partial charge < -0.3 is 34.4 Å². The Hall–Kier alpha value is -1.62. The number of aliphatic hydroxyl groups is 3. The minimum Gasteiger partial charge on any atom is -0.390 e. The SMILES string of the molecule is C[C@@H]1C[C@@H](C(O)C(C)(C)O)OC2[C@H]1C1(C)CCC34CC35CCC(OC3CN(C(=O)Cc6ccncc6)CCO3)C(C)(C)[C@@H]5CCC4[C@]1(C)[C@H]2O. The van der Waals surface area contributed by atoms with Gasteiger partial charge in [0, 0.05) is 24.4 Å². The molecule has 7 aliphatic rings. The summed E-state index contributed by atoms with van der Waals surface area (Å²) in [7, 11) is 0. The number of carbonyl (C=O) groups excluding carboxylic acids is 1. The van der Waals surface area contributed by atoms with E-state index in [2.05, 4.69) is 39.6 Å². The molecule has 3 heterocycles. The van der Waals surface area contributed by atoms with Gasteiger partial charge in [0.1, 0.15) is 6.10 Å². The molecule has 2 aliphatic heterocycles. The number of amides is 1. The zero-order chi connectivity index (χ0) is 35.6. The predicted molar refractivity (Wildman–Crippen MR) is 188 cm³/mol. The monoisotopic (exact) mass is 694 g/mol. The van der Waals surface area contributed by atoms with Gasteiger partial charge in [-0.15, -0.1) is 0 Å². The highest BCUT2D eigenvalue weighted by Gasteiger charge is 2.84. The molecule has 2 saturated heterocycles. The Balaban J connectivity index is 0.985. The number of morpholine rings is 1. The highest BCUT2D eigenvalue weighted by Crippen LogP contribution is 2.89. The second kappa shape index (κ2) is 11.7. The van der Waals surface area contributed by atoms with Gasteiger partial charge >= 0.3 is 0 Å². The van der Waals surface area contributed by atoms with E-state index in [9.17, 15) is 20.1 Å². The number of rotatable bonds is 6. The van der Waals surface area contributed by atoms with E-state index >= 15 is 0 Å². The number of hydrogen-bond acceptors (Lipinski definition) is 8. The molecule has 0 aromatic carbocycles. The van der Waals surface area contributed by atoms with Crippen LogP contribution in [0.25, 0.3) is 0 Å². The lowest BCUT2D eigenvalue weighted by Crippen LogP contribution is -2.60. The van der Waals surface area contributed by atoms with Crippen molar-refractivity contribution in [1.29, 1.82) is 0 Å². The van der Waals surface area contributed by atoms with Crippen LogP contribution in [-0.2, 0) is 25.4 Å². The molecule has 0 radical (unpaired) electrons. The first-order valence-corrected chi connectivity index (χ1v) is 19.7. The van der Waals surface area contributed by atoms with Crippen molar-refractivity contribution in [2.45, 2.75) is 149 Å². The third-order valence-electron chi connectivity index (χ3n) is 16.6. The fourth-order valence-corrected chi connectivity index (χ4v) is 14.1. The zero-order valence-electron chi connectivity index (χ0n) is 31.4. The summed E-state index contributed by atoms with van der Waals surface area (Å²) in [4.78, 5) is 19.2. The van der Waals surface area contributed by atoms with Gasteiger partial charge in [-0.05, 0) is 128 Å². The quantitative estimate of drug-likeness (QED) is 0.375. The van der Waals surface area contributed by atoms with Crippen molar-refractivity contribution in [3.05, 3.63) is 30.1 Å². The standard InChI is InChI=1S/C41H62N2O7/c1-24-20-26(34(45)37(4,5)47)49-33-32(24)38(6)14-15-41-23-40(41)13-10-29(36(2,3)27(40)8-9-28(41)39(38,7)35(33)46)50-31-22-43(18-19-48-31)30(44)21-25-11-16-42-17-12-25/h11-12,16-17,24,26-29,31-35,45-47H,8-10,13-15,18-23H2,1-7H3/t24-,26+,27+,28?,29?,31?,32+,33?,34?,35+,38?,39-,40?,41?/m1/s1. The summed E-state index contributed by atoms with van der Waals surface area (Å²) in [5, 5.41) is 34.2. The van der Waals surface area contributed by atoms with Crippen molar-refractivity contribution in [1.82, 2.24) is 9.88 Å². The molecule has 8 unspecified atom stereocenters. The van der Waals surface area contributed by atoms with Crippen LogP contribution in [0.5, 0.6) is 0 Å². The molecule has 278 valence electrons.